The first-order chi connectivity index (χ1) is 12.7. The van der Waals surface area contributed by atoms with Crippen LogP contribution in [0, 0.1) is 6.92 Å². The number of carbonyl (C=O) groups is 2. The highest BCUT2D eigenvalue weighted by Crippen LogP contribution is 2.26. The molecule has 1 unspecified atom stereocenters. The highest BCUT2D eigenvalue weighted by Gasteiger charge is 2.43. The van der Waals surface area contributed by atoms with Gasteiger partial charge in [-0.3, -0.25) is 14.6 Å². The Hall–Kier alpha value is -2.19. The van der Waals surface area contributed by atoms with Crippen LogP contribution in [0.1, 0.15) is 12.5 Å². The summed E-state index contributed by atoms with van der Waals surface area (Å²) >= 11 is 3.26. The Kier molecular flexibility index (Phi) is 5.39. The molecular weight excluding hydrogens is 432 g/mol. The van der Waals surface area contributed by atoms with E-state index in [1.165, 1.54) is 17.0 Å². The molecule has 0 aliphatic carbocycles. The lowest BCUT2D eigenvalue weighted by Crippen LogP contribution is -2.36. The molecule has 0 spiro atoms. The van der Waals surface area contributed by atoms with Gasteiger partial charge in [0.1, 0.15) is 6.04 Å². The van der Waals surface area contributed by atoms with Crippen LogP contribution >= 0.6 is 15.9 Å². The second kappa shape index (κ2) is 7.44. The number of rotatable bonds is 5. The van der Waals surface area contributed by atoms with Crippen molar-refractivity contribution in [3.8, 4) is 0 Å². The third kappa shape index (κ3) is 3.91. The van der Waals surface area contributed by atoms with E-state index >= 15 is 0 Å². The van der Waals surface area contributed by atoms with Crippen molar-refractivity contribution in [1.29, 1.82) is 0 Å². The lowest BCUT2D eigenvalue weighted by Gasteiger charge is -2.19. The smallest absolute Gasteiger partial charge is 0.282 e. The highest BCUT2D eigenvalue weighted by atomic mass is 79.9. The van der Waals surface area contributed by atoms with E-state index in [1.54, 1.807) is 31.2 Å². The highest BCUT2D eigenvalue weighted by molar-refractivity contribution is 9.10. The maximum atomic E-state index is 12.7. The SMILES string of the molecule is Cc1ccc(N2C(=O)N(CCS(=O)(=O)c3ccc(Br)cc3)C(=O)C2C)cc1. The number of urea groups is 1. The minimum Gasteiger partial charge on any atom is -0.282 e. The van der Waals surface area contributed by atoms with E-state index < -0.39 is 27.8 Å². The summed E-state index contributed by atoms with van der Waals surface area (Å²) < 4.78 is 25.8. The van der Waals surface area contributed by atoms with Gasteiger partial charge in [0.05, 0.1) is 10.6 Å². The molecule has 1 aliphatic rings. The Morgan fingerprint density at radius 2 is 1.59 bits per heavy atom. The van der Waals surface area contributed by atoms with E-state index in [0.717, 1.165) is 14.9 Å². The van der Waals surface area contributed by atoms with Crippen LogP contribution in [-0.2, 0) is 14.6 Å². The van der Waals surface area contributed by atoms with Crippen LogP contribution < -0.4 is 4.90 Å². The number of imide groups is 1. The summed E-state index contributed by atoms with van der Waals surface area (Å²) in [5, 5.41) is 0. The molecule has 0 N–H and O–H groups in total. The molecule has 142 valence electrons. The van der Waals surface area contributed by atoms with Crippen molar-refractivity contribution in [3.63, 3.8) is 0 Å². The number of anilines is 1. The molecule has 0 bridgehead atoms. The van der Waals surface area contributed by atoms with Crippen LogP contribution in [0.25, 0.3) is 0 Å². The molecule has 8 heteroatoms. The van der Waals surface area contributed by atoms with E-state index in [-0.39, 0.29) is 17.2 Å². The Labute approximate surface area is 166 Å². The van der Waals surface area contributed by atoms with Crippen LogP contribution in [0.2, 0.25) is 0 Å². The van der Waals surface area contributed by atoms with Gasteiger partial charge in [0.15, 0.2) is 9.84 Å². The van der Waals surface area contributed by atoms with Crippen molar-refractivity contribution < 1.29 is 18.0 Å². The Morgan fingerprint density at radius 1 is 1.00 bits per heavy atom. The Bertz CT molecular complexity index is 972. The lowest BCUT2D eigenvalue weighted by atomic mass is 10.2. The van der Waals surface area contributed by atoms with Gasteiger partial charge >= 0.3 is 6.03 Å². The van der Waals surface area contributed by atoms with Gasteiger partial charge in [0.2, 0.25) is 0 Å². The minimum atomic E-state index is -3.60. The number of benzene rings is 2. The summed E-state index contributed by atoms with van der Waals surface area (Å²) in [5.74, 6) is -0.716. The molecule has 1 aliphatic heterocycles. The van der Waals surface area contributed by atoms with Gasteiger partial charge in [-0.05, 0) is 50.2 Å². The summed E-state index contributed by atoms with van der Waals surface area (Å²) in [4.78, 5) is 27.8. The number of sulfone groups is 1. The van der Waals surface area contributed by atoms with Crippen LogP contribution in [0.15, 0.2) is 57.9 Å². The molecule has 6 nitrogen and oxygen atoms in total. The zero-order valence-corrected chi connectivity index (χ0v) is 17.3. The number of nitrogens with zero attached hydrogens (tertiary/aromatic N) is 2. The van der Waals surface area contributed by atoms with Crippen LogP contribution in [-0.4, -0.2) is 43.6 Å². The van der Waals surface area contributed by atoms with Gasteiger partial charge in [0, 0.05) is 16.7 Å². The number of aryl methyl sites for hydroxylation is 1. The zero-order valence-electron chi connectivity index (χ0n) is 14.9. The predicted molar refractivity (Wildman–Crippen MR) is 106 cm³/mol. The van der Waals surface area contributed by atoms with E-state index in [2.05, 4.69) is 15.9 Å². The summed E-state index contributed by atoms with van der Waals surface area (Å²) in [6, 6.07) is 12.4. The standard InChI is InChI=1S/C19H19BrN2O4S/c1-13-3-7-16(8-4-13)22-14(2)18(23)21(19(22)24)11-12-27(25,26)17-9-5-15(20)6-10-17/h3-10,14H,11-12H2,1-2H3. The zero-order chi connectivity index (χ0) is 19.8. The number of hydrogen-bond acceptors (Lipinski definition) is 4. The summed E-state index contributed by atoms with van der Waals surface area (Å²) in [7, 11) is -3.60. The minimum absolute atomic E-state index is 0.160. The fraction of sp³-hybridized carbons (Fsp3) is 0.263. The molecule has 1 saturated heterocycles. The lowest BCUT2D eigenvalue weighted by molar-refractivity contribution is -0.126. The van der Waals surface area contributed by atoms with E-state index in [9.17, 15) is 18.0 Å². The first kappa shape index (κ1) is 19.6. The van der Waals surface area contributed by atoms with Crippen molar-refractivity contribution in [3.05, 3.63) is 58.6 Å². The quantitative estimate of drug-likeness (QED) is 0.654. The average Bonchev–Trinajstić information content (AvgIpc) is 2.84. The van der Waals surface area contributed by atoms with Gasteiger partial charge in [0.25, 0.3) is 5.91 Å². The van der Waals surface area contributed by atoms with Crippen molar-refractivity contribution in [2.75, 3.05) is 17.2 Å². The second-order valence-electron chi connectivity index (χ2n) is 6.43. The van der Waals surface area contributed by atoms with Crippen molar-refractivity contribution in [2.45, 2.75) is 24.8 Å². The molecule has 0 saturated carbocycles. The number of amides is 3. The van der Waals surface area contributed by atoms with Crippen molar-refractivity contribution in [1.82, 2.24) is 4.90 Å². The fourth-order valence-corrected chi connectivity index (χ4v) is 4.42. The molecule has 27 heavy (non-hydrogen) atoms. The molecule has 0 radical (unpaired) electrons. The Balaban J connectivity index is 1.77. The van der Waals surface area contributed by atoms with E-state index in [0.29, 0.717) is 5.69 Å². The van der Waals surface area contributed by atoms with Crippen LogP contribution in [0.4, 0.5) is 10.5 Å². The molecule has 2 aromatic rings. The summed E-state index contributed by atoms with van der Waals surface area (Å²) in [6.45, 7) is 3.40. The van der Waals surface area contributed by atoms with Crippen LogP contribution in [0.3, 0.4) is 0 Å². The summed E-state index contributed by atoms with van der Waals surface area (Å²) in [5.41, 5.74) is 1.66. The molecule has 1 fully saturated rings. The third-order valence-electron chi connectivity index (χ3n) is 4.52. The van der Waals surface area contributed by atoms with Gasteiger partial charge in [-0.2, -0.15) is 0 Å². The van der Waals surface area contributed by atoms with Crippen molar-refractivity contribution in [2.24, 2.45) is 0 Å². The van der Waals surface area contributed by atoms with Gasteiger partial charge in [-0.1, -0.05) is 33.6 Å². The maximum absolute atomic E-state index is 12.7. The van der Waals surface area contributed by atoms with Gasteiger partial charge < -0.3 is 0 Å². The number of carbonyl (C=O) groups excluding carboxylic acids is 2. The third-order valence-corrected chi connectivity index (χ3v) is 6.76. The first-order valence-corrected chi connectivity index (χ1v) is 10.8. The molecule has 3 rings (SSSR count). The summed E-state index contributed by atoms with van der Waals surface area (Å²) in [6.07, 6.45) is 0. The van der Waals surface area contributed by atoms with Gasteiger partial charge in [-0.25, -0.2) is 13.2 Å². The Morgan fingerprint density at radius 3 is 2.19 bits per heavy atom. The molecule has 1 heterocycles. The topological polar surface area (TPSA) is 74.8 Å². The van der Waals surface area contributed by atoms with E-state index in [1.807, 2.05) is 19.1 Å². The first-order valence-electron chi connectivity index (χ1n) is 8.40. The molecule has 0 aromatic heterocycles. The van der Waals surface area contributed by atoms with Crippen molar-refractivity contribution >= 4 is 43.4 Å². The number of halogens is 1. The number of hydrogen-bond donors (Lipinski definition) is 0. The monoisotopic (exact) mass is 450 g/mol. The average molecular weight is 451 g/mol. The van der Waals surface area contributed by atoms with Crippen LogP contribution in [0.5, 0.6) is 0 Å². The largest absolute Gasteiger partial charge is 0.332 e. The molecular formula is C19H19BrN2O4S. The molecule has 2 aromatic carbocycles. The predicted octanol–water partition coefficient (Wildman–Crippen LogP) is 3.39. The van der Waals surface area contributed by atoms with Gasteiger partial charge in [-0.15, -0.1) is 0 Å². The second-order valence-corrected chi connectivity index (χ2v) is 9.45. The molecule has 1 atom stereocenters. The maximum Gasteiger partial charge on any atom is 0.332 e. The fourth-order valence-electron chi connectivity index (χ4n) is 2.94. The van der Waals surface area contributed by atoms with E-state index in [4.69, 9.17) is 0 Å². The molecule has 3 amide bonds. The normalized spacial score (nSPS) is 17.7.